The lowest BCUT2D eigenvalue weighted by Gasteiger charge is -2.16. The molecule has 0 saturated heterocycles. The maximum atomic E-state index is 12.5. The number of ether oxygens (including phenoxy) is 4. The minimum atomic E-state index is -0.693. The van der Waals surface area contributed by atoms with Crippen LogP contribution in [0.2, 0.25) is 0 Å². The number of carbonyl (C=O) groups excluding carboxylic acids is 1. The number of benzene rings is 2. The Labute approximate surface area is 175 Å². The second kappa shape index (κ2) is 10.2. The normalized spacial score (nSPS) is 11.3. The van der Waals surface area contributed by atoms with Gasteiger partial charge < -0.3 is 24.3 Å². The number of nitrogens with zero attached hydrogens (tertiary/aromatic N) is 1. The Kier molecular flexibility index (Phi) is 7.10. The molecule has 1 amide bonds. The molecule has 0 aliphatic heterocycles. The van der Waals surface area contributed by atoms with Gasteiger partial charge in [-0.1, -0.05) is 0 Å². The summed E-state index contributed by atoms with van der Waals surface area (Å²) in [7, 11) is 3.16. The molecular formula is C23H24N2O5. The monoisotopic (exact) mass is 408 g/mol. The highest BCUT2D eigenvalue weighted by molar-refractivity contribution is 5.94. The van der Waals surface area contributed by atoms with Crippen LogP contribution in [0.25, 0.3) is 0 Å². The van der Waals surface area contributed by atoms with Gasteiger partial charge in [0.05, 0.1) is 14.2 Å². The van der Waals surface area contributed by atoms with Crippen molar-refractivity contribution in [1.82, 2.24) is 4.98 Å². The van der Waals surface area contributed by atoms with Gasteiger partial charge in [-0.25, -0.2) is 0 Å². The SMILES string of the molecule is COc1ccc(OC(C)C(=O)Nc2ccc(OC)c(OCc3ccncc3)c2)cc1. The first kappa shape index (κ1) is 21.0. The van der Waals surface area contributed by atoms with Crippen molar-refractivity contribution in [2.75, 3.05) is 19.5 Å². The van der Waals surface area contributed by atoms with Crippen molar-refractivity contribution in [2.45, 2.75) is 19.6 Å². The van der Waals surface area contributed by atoms with Gasteiger partial charge in [-0.15, -0.1) is 0 Å². The summed E-state index contributed by atoms with van der Waals surface area (Å²) in [6.45, 7) is 2.04. The molecule has 3 rings (SSSR count). The minimum Gasteiger partial charge on any atom is -0.497 e. The minimum absolute atomic E-state index is 0.281. The summed E-state index contributed by atoms with van der Waals surface area (Å²) in [4.78, 5) is 16.5. The van der Waals surface area contributed by atoms with Gasteiger partial charge in [-0.2, -0.15) is 0 Å². The molecule has 0 aliphatic carbocycles. The van der Waals surface area contributed by atoms with Crippen LogP contribution in [-0.2, 0) is 11.4 Å². The molecule has 7 heteroatoms. The van der Waals surface area contributed by atoms with Crippen molar-refractivity contribution < 1.29 is 23.7 Å². The van der Waals surface area contributed by atoms with E-state index in [4.69, 9.17) is 18.9 Å². The van der Waals surface area contributed by atoms with Crippen molar-refractivity contribution in [3.8, 4) is 23.0 Å². The van der Waals surface area contributed by atoms with Crippen molar-refractivity contribution in [3.63, 3.8) is 0 Å². The molecule has 3 aromatic rings. The van der Waals surface area contributed by atoms with E-state index in [-0.39, 0.29) is 5.91 Å². The van der Waals surface area contributed by atoms with E-state index in [9.17, 15) is 4.79 Å². The third-order valence-electron chi connectivity index (χ3n) is 4.32. The van der Waals surface area contributed by atoms with E-state index >= 15 is 0 Å². The smallest absolute Gasteiger partial charge is 0.265 e. The maximum absolute atomic E-state index is 12.5. The van der Waals surface area contributed by atoms with Crippen molar-refractivity contribution in [2.24, 2.45) is 0 Å². The fraction of sp³-hybridized carbons (Fsp3) is 0.217. The molecule has 0 fully saturated rings. The van der Waals surface area contributed by atoms with E-state index in [1.807, 2.05) is 12.1 Å². The van der Waals surface area contributed by atoms with Gasteiger partial charge in [0.25, 0.3) is 5.91 Å². The average molecular weight is 408 g/mol. The first-order valence-corrected chi connectivity index (χ1v) is 9.40. The third-order valence-corrected chi connectivity index (χ3v) is 4.32. The maximum Gasteiger partial charge on any atom is 0.265 e. The summed E-state index contributed by atoms with van der Waals surface area (Å²) >= 11 is 0. The summed E-state index contributed by atoms with van der Waals surface area (Å²) in [5.41, 5.74) is 1.55. The topological polar surface area (TPSA) is 78.9 Å². The second-order valence-corrected chi connectivity index (χ2v) is 6.43. The summed E-state index contributed by atoms with van der Waals surface area (Å²) < 4.78 is 22.0. The molecule has 0 aliphatic rings. The van der Waals surface area contributed by atoms with E-state index in [1.54, 1.807) is 76.0 Å². The Morgan fingerprint density at radius 2 is 1.63 bits per heavy atom. The van der Waals surface area contributed by atoms with Crippen LogP contribution in [0.4, 0.5) is 5.69 Å². The Morgan fingerprint density at radius 3 is 2.30 bits per heavy atom. The van der Waals surface area contributed by atoms with Crippen LogP contribution < -0.4 is 24.3 Å². The lowest BCUT2D eigenvalue weighted by Crippen LogP contribution is -2.30. The van der Waals surface area contributed by atoms with Crippen LogP contribution in [-0.4, -0.2) is 31.2 Å². The molecule has 0 spiro atoms. The number of pyridine rings is 1. The van der Waals surface area contributed by atoms with Crippen LogP contribution in [0.3, 0.4) is 0 Å². The van der Waals surface area contributed by atoms with Gasteiger partial charge >= 0.3 is 0 Å². The quantitative estimate of drug-likeness (QED) is 0.575. The van der Waals surface area contributed by atoms with Gasteiger partial charge in [-0.05, 0) is 61.0 Å². The molecule has 1 aromatic heterocycles. The molecule has 1 N–H and O–H groups in total. The second-order valence-electron chi connectivity index (χ2n) is 6.43. The zero-order valence-corrected chi connectivity index (χ0v) is 17.1. The molecule has 1 unspecified atom stereocenters. The standard InChI is InChI=1S/C23H24N2O5/c1-16(30-20-7-5-19(27-2)6-8-20)23(26)25-18-4-9-21(28-3)22(14-18)29-15-17-10-12-24-13-11-17/h4-14,16H,15H2,1-3H3,(H,25,26). The lowest BCUT2D eigenvalue weighted by atomic mass is 10.2. The molecule has 0 bridgehead atoms. The fourth-order valence-electron chi connectivity index (χ4n) is 2.66. The Balaban J connectivity index is 1.63. The number of anilines is 1. The van der Waals surface area contributed by atoms with Gasteiger partial charge in [0.1, 0.15) is 18.1 Å². The molecule has 2 aromatic carbocycles. The number of nitrogens with one attached hydrogen (secondary N) is 1. The predicted octanol–water partition coefficient (Wildman–Crippen LogP) is 4.08. The first-order valence-electron chi connectivity index (χ1n) is 9.40. The van der Waals surface area contributed by atoms with Gasteiger partial charge in [-0.3, -0.25) is 9.78 Å². The molecule has 7 nitrogen and oxygen atoms in total. The Morgan fingerprint density at radius 1 is 0.933 bits per heavy atom. The zero-order chi connectivity index (χ0) is 21.3. The molecule has 156 valence electrons. The highest BCUT2D eigenvalue weighted by Gasteiger charge is 2.16. The predicted molar refractivity (Wildman–Crippen MR) is 113 cm³/mol. The van der Waals surface area contributed by atoms with Gasteiger partial charge in [0.15, 0.2) is 17.6 Å². The Bertz CT molecular complexity index is 961. The van der Waals surface area contributed by atoms with Gasteiger partial charge in [0, 0.05) is 24.1 Å². The average Bonchev–Trinajstić information content (AvgIpc) is 2.79. The van der Waals surface area contributed by atoms with Crippen LogP contribution >= 0.6 is 0 Å². The summed E-state index contributed by atoms with van der Waals surface area (Å²) in [6, 6.07) is 16.0. The third kappa shape index (κ3) is 5.64. The van der Waals surface area contributed by atoms with Crippen LogP contribution in [0.5, 0.6) is 23.0 Å². The largest absolute Gasteiger partial charge is 0.497 e. The molecule has 1 atom stereocenters. The van der Waals surface area contributed by atoms with Crippen LogP contribution in [0.15, 0.2) is 67.0 Å². The summed E-state index contributed by atoms with van der Waals surface area (Å²) in [6.07, 6.45) is 2.72. The van der Waals surface area contributed by atoms with Crippen LogP contribution in [0.1, 0.15) is 12.5 Å². The number of hydrogen-bond acceptors (Lipinski definition) is 6. The lowest BCUT2D eigenvalue weighted by molar-refractivity contribution is -0.122. The molecule has 1 heterocycles. The molecular weight excluding hydrogens is 384 g/mol. The summed E-state index contributed by atoms with van der Waals surface area (Å²) in [5, 5.41) is 2.84. The highest BCUT2D eigenvalue weighted by Crippen LogP contribution is 2.31. The van der Waals surface area contributed by atoms with E-state index in [1.165, 1.54) is 0 Å². The number of methoxy groups -OCH3 is 2. The van der Waals surface area contributed by atoms with E-state index in [0.29, 0.717) is 29.5 Å². The molecule has 0 radical (unpaired) electrons. The van der Waals surface area contributed by atoms with Crippen LogP contribution in [0, 0.1) is 0 Å². The fourth-order valence-corrected chi connectivity index (χ4v) is 2.66. The van der Waals surface area contributed by atoms with E-state index in [2.05, 4.69) is 10.3 Å². The van der Waals surface area contributed by atoms with Crippen molar-refractivity contribution >= 4 is 11.6 Å². The zero-order valence-electron chi connectivity index (χ0n) is 17.1. The number of amides is 1. The van der Waals surface area contributed by atoms with E-state index in [0.717, 1.165) is 11.3 Å². The molecule has 0 saturated carbocycles. The van der Waals surface area contributed by atoms with Crippen molar-refractivity contribution in [1.29, 1.82) is 0 Å². The van der Waals surface area contributed by atoms with Crippen molar-refractivity contribution in [3.05, 3.63) is 72.6 Å². The summed E-state index contributed by atoms with van der Waals surface area (Å²) in [5.74, 6) is 2.11. The van der Waals surface area contributed by atoms with Gasteiger partial charge in [0.2, 0.25) is 0 Å². The first-order chi connectivity index (χ1) is 14.6. The molecule has 30 heavy (non-hydrogen) atoms. The highest BCUT2D eigenvalue weighted by atomic mass is 16.5. The number of carbonyl (C=O) groups is 1. The number of rotatable bonds is 9. The number of aromatic nitrogens is 1. The van der Waals surface area contributed by atoms with E-state index < -0.39 is 6.10 Å². The Hall–Kier alpha value is -3.74. The number of hydrogen-bond donors (Lipinski definition) is 1.